The number of alkyl carbamates (subject to hydrolysis) is 1. The van der Waals surface area contributed by atoms with E-state index in [2.05, 4.69) is 26.6 Å². The highest BCUT2D eigenvalue weighted by Crippen LogP contribution is 2.29. The second-order valence-corrected chi connectivity index (χ2v) is 25.9. The van der Waals surface area contributed by atoms with Crippen molar-refractivity contribution in [2.45, 2.75) is 125 Å². The van der Waals surface area contributed by atoms with Crippen LogP contribution in [0.2, 0.25) is 0 Å². The first-order valence-electron chi connectivity index (χ1n) is 35.8. The molecule has 0 bridgehead atoms. The summed E-state index contributed by atoms with van der Waals surface area (Å²) in [4.78, 5) is 174. The van der Waals surface area contributed by atoms with E-state index in [0.29, 0.717) is 5.56 Å². The third kappa shape index (κ3) is 42.5. The number of fused-ring (bicyclic) bond motifs is 2. The lowest BCUT2D eigenvalue weighted by Gasteiger charge is -2.36. The van der Waals surface area contributed by atoms with Crippen molar-refractivity contribution >= 4 is 105 Å². The lowest BCUT2D eigenvalue weighted by atomic mass is 9.97. The molecule has 3 aromatic rings. The molecule has 0 saturated heterocycles. The largest absolute Gasteiger partial charge is 0.481 e. The molecular formula is C72H103N5O36. The summed E-state index contributed by atoms with van der Waals surface area (Å²) in [5.41, 5.74) is -6.66. The Morgan fingerprint density at radius 2 is 0.522 bits per heavy atom. The lowest BCUT2D eigenvalue weighted by Crippen LogP contribution is -2.62. The zero-order valence-corrected chi connectivity index (χ0v) is 62.7. The van der Waals surface area contributed by atoms with Crippen molar-refractivity contribution in [1.29, 1.82) is 0 Å². The summed E-state index contributed by atoms with van der Waals surface area (Å²) in [6.45, 7) is -11.1. The molecule has 3 aromatic carbocycles. The van der Waals surface area contributed by atoms with E-state index < -0.39 is 347 Å². The molecular weight excluding hydrogens is 1510 g/mol. The van der Waals surface area contributed by atoms with Gasteiger partial charge in [0, 0.05) is 24.8 Å². The van der Waals surface area contributed by atoms with E-state index in [-0.39, 0.29) is 13.0 Å². The zero-order chi connectivity index (χ0) is 83.5. The molecule has 1 unspecified atom stereocenters. The van der Waals surface area contributed by atoms with Gasteiger partial charge in [-0.25, -0.2) is 4.79 Å². The van der Waals surface area contributed by atoms with Crippen molar-refractivity contribution < 1.29 is 175 Å². The smallest absolute Gasteiger partial charge is 0.408 e. The molecule has 0 spiro atoms. The van der Waals surface area contributed by atoms with Crippen LogP contribution in [0.15, 0.2) is 54.6 Å². The van der Waals surface area contributed by atoms with E-state index in [9.17, 15) is 108 Å². The van der Waals surface area contributed by atoms with Crippen molar-refractivity contribution in [2.24, 2.45) is 0 Å². The maximum Gasteiger partial charge on any atom is 0.408 e. The van der Waals surface area contributed by atoms with Gasteiger partial charge in [0.05, 0.1) is 216 Å². The summed E-state index contributed by atoms with van der Waals surface area (Å²) in [7, 11) is 0. The van der Waals surface area contributed by atoms with E-state index in [1.54, 1.807) is 0 Å². The molecule has 14 N–H and O–H groups in total. The number of hydrogen-bond donors (Lipinski definition) is 14. The molecule has 0 aliphatic heterocycles. The number of ether oxygens (including phenoxy) is 13. The number of amides is 5. The van der Waals surface area contributed by atoms with Gasteiger partial charge in [0.1, 0.15) is 34.8 Å². The Bertz CT molecular complexity index is 3090. The fourth-order valence-electron chi connectivity index (χ4n) is 10.4. The van der Waals surface area contributed by atoms with Gasteiger partial charge in [-0.2, -0.15) is 0 Å². The van der Waals surface area contributed by atoms with Crippen LogP contribution in [0, 0.1) is 0 Å². The predicted octanol–water partition coefficient (Wildman–Crippen LogP) is 1.06. The molecule has 3 rings (SSSR count). The van der Waals surface area contributed by atoms with Gasteiger partial charge in [-0.1, -0.05) is 55.5 Å². The quantitative estimate of drug-likeness (QED) is 0.0277. The van der Waals surface area contributed by atoms with Gasteiger partial charge >= 0.3 is 59.8 Å². The van der Waals surface area contributed by atoms with Gasteiger partial charge in [-0.05, 0) is 34.0 Å². The minimum Gasteiger partial charge on any atom is -0.481 e. The monoisotopic (exact) mass is 1610 g/mol. The summed E-state index contributed by atoms with van der Waals surface area (Å²) in [6.07, 6.45) is -7.52. The Morgan fingerprint density at radius 3 is 0.743 bits per heavy atom. The van der Waals surface area contributed by atoms with Gasteiger partial charge < -0.3 is 134 Å². The third-order valence-corrected chi connectivity index (χ3v) is 16.0. The Morgan fingerprint density at radius 1 is 0.310 bits per heavy atom. The number of carboxylic acids is 9. The fraction of sp³-hybridized carbons (Fsp3) is 0.611. The van der Waals surface area contributed by atoms with E-state index in [0.717, 1.165) is 21.5 Å². The Hall–Kier alpha value is -9.92. The van der Waals surface area contributed by atoms with Crippen LogP contribution < -0.4 is 26.6 Å². The number of aliphatic carboxylic acids is 9. The molecule has 0 radical (unpaired) electrons. The molecule has 0 heterocycles. The Labute approximate surface area is 648 Å². The second kappa shape index (κ2) is 53.9. The first-order valence-corrected chi connectivity index (χ1v) is 35.8. The van der Waals surface area contributed by atoms with Gasteiger partial charge in [-0.3, -0.25) is 62.3 Å². The van der Waals surface area contributed by atoms with Crippen LogP contribution in [0.1, 0.15) is 96.0 Å². The highest BCUT2D eigenvalue weighted by molar-refractivity contribution is 6.02. The van der Waals surface area contributed by atoms with Gasteiger partial charge in [0.2, 0.25) is 23.6 Å². The number of carbonyl (C=O) groups is 14. The average molecular weight is 1610 g/mol. The molecule has 0 saturated carbocycles. The number of carboxylic acid groups (broad SMARTS) is 9. The van der Waals surface area contributed by atoms with Crippen LogP contribution in [0.3, 0.4) is 0 Å². The van der Waals surface area contributed by atoms with E-state index >= 15 is 4.79 Å². The maximum absolute atomic E-state index is 15.0. The van der Waals surface area contributed by atoms with Crippen LogP contribution >= 0.6 is 0 Å². The average Bonchev–Trinajstić information content (AvgIpc) is 0.777. The van der Waals surface area contributed by atoms with Crippen molar-refractivity contribution in [3.8, 4) is 0 Å². The zero-order valence-electron chi connectivity index (χ0n) is 62.7. The fourth-order valence-corrected chi connectivity index (χ4v) is 10.4. The van der Waals surface area contributed by atoms with Crippen LogP contribution in [0.25, 0.3) is 21.5 Å². The standard InChI is InChI=1S/C72H103N5O36/c1-2-54(73-68(100)113-36-53-51-9-5-3-7-49(51)35-50-8-4-6-10-52(50)53)67(99)77-72(46-101-23-11-55(78)74-69(37-104-26-14-58(81)82,38-105-27-15-59(83)84)39-106-28-16-60(85)86,47-102-24-12-56(79)75-70(40-107-29-17-61(87)88,41-108-30-18-62(89)90)42-109-31-19-63(91)92)48-103-25-13-57(80)76-71(43-110-32-20-64(93)94,44-111-33-21-65(95)96)45-112-34-22-66(97)98/h3-10,35,54H,2,11-34,36-48H2,1H3,(H,73,100)(H,74,78)(H,75,79)(H,76,80)(H,77,99)(H,81,82)(H,83,84)(H,85,86)(H,87,88)(H,89,90)(H,91,92)(H,93,94)(H,95,96)(H,97,98). The highest BCUT2D eigenvalue weighted by Gasteiger charge is 2.40. The van der Waals surface area contributed by atoms with Crippen LogP contribution in [-0.4, -0.2) is 316 Å². The summed E-state index contributed by atoms with van der Waals surface area (Å²) in [6, 6.07) is 15.3. The highest BCUT2D eigenvalue weighted by atomic mass is 16.6. The first kappa shape index (κ1) is 97.3. The molecule has 0 aromatic heterocycles. The molecule has 1 atom stereocenters. The number of rotatable bonds is 69. The minimum absolute atomic E-state index is 0.136. The summed E-state index contributed by atoms with van der Waals surface area (Å²) < 4.78 is 74.8. The van der Waals surface area contributed by atoms with Crippen LogP contribution in [-0.2, 0) is 131 Å². The molecule has 41 heteroatoms. The molecule has 41 nitrogen and oxygen atoms in total. The summed E-state index contributed by atoms with van der Waals surface area (Å²) >= 11 is 0. The van der Waals surface area contributed by atoms with Gasteiger partial charge in [0.15, 0.2) is 0 Å². The second-order valence-electron chi connectivity index (χ2n) is 25.9. The molecule has 632 valence electrons. The molecule has 113 heavy (non-hydrogen) atoms. The van der Waals surface area contributed by atoms with E-state index in [1.165, 1.54) is 6.92 Å². The van der Waals surface area contributed by atoms with Crippen molar-refractivity contribution in [2.75, 3.05) is 159 Å². The molecule has 0 fully saturated rings. The first-order chi connectivity index (χ1) is 53.8. The van der Waals surface area contributed by atoms with Crippen LogP contribution in [0.4, 0.5) is 4.79 Å². The SMILES string of the molecule is CCC(NC(=O)OCc1c2ccccc2cc2ccccc12)C(=O)NC(COCCC(=O)NC(COCCC(=O)O)(COCCC(=O)O)COCCC(=O)O)(COCCC(=O)NC(COCCC(=O)O)(COCCC(=O)O)COCCC(=O)O)COCCC(=O)NC(COCCC(=O)O)(COCCC(=O)O)COCCC(=O)O. The third-order valence-electron chi connectivity index (χ3n) is 16.0. The van der Waals surface area contributed by atoms with Crippen molar-refractivity contribution in [3.63, 3.8) is 0 Å². The minimum atomic E-state index is -2.05. The van der Waals surface area contributed by atoms with Crippen molar-refractivity contribution in [1.82, 2.24) is 26.6 Å². The topological polar surface area (TPSA) is 601 Å². The maximum atomic E-state index is 15.0. The molecule has 0 aliphatic carbocycles. The Balaban J connectivity index is 2.20. The lowest BCUT2D eigenvalue weighted by molar-refractivity contribution is -0.142. The number of hydrogen-bond acceptors (Lipinski definition) is 27. The van der Waals surface area contributed by atoms with Gasteiger partial charge in [0.25, 0.3) is 0 Å². The number of carbonyl (C=O) groups excluding carboxylic acids is 5. The number of benzene rings is 3. The Kier molecular flexibility index (Phi) is 46.4. The summed E-state index contributed by atoms with van der Waals surface area (Å²) in [5, 5.41) is 101. The number of nitrogens with one attached hydrogen (secondary N) is 5. The van der Waals surface area contributed by atoms with E-state index in [4.69, 9.17) is 61.6 Å². The van der Waals surface area contributed by atoms with Crippen LogP contribution in [0.5, 0.6) is 0 Å². The molecule has 5 amide bonds. The van der Waals surface area contributed by atoms with Crippen molar-refractivity contribution in [3.05, 3.63) is 60.2 Å². The van der Waals surface area contributed by atoms with E-state index in [1.807, 2.05) is 54.6 Å². The van der Waals surface area contributed by atoms with Gasteiger partial charge in [-0.15, -0.1) is 0 Å². The molecule has 0 aliphatic rings. The summed E-state index contributed by atoms with van der Waals surface area (Å²) in [5.74, 6) is -14.8. The predicted molar refractivity (Wildman–Crippen MR) is 386 cm³/mol. The normalized spacial score (nSPS) is 12.0.